The number of ether oxygens (including phenoxy) is 1. The number of amides is 1. The molecular weight excluding hydrogens is 452 g/mol. The molecule has 0 aliphatic carbocycles. The number of para-hydroxylation sites is 1. The summed E-state index contributed by atoms with van der Waals surface area (Å²) in [5.41, 5.74) is 1.57. The molecule has 1 amide bonds. The lowest BCUT2D eigenvalue weighted by Gasteiger charge is -2.20. The SMILES string of the molecule is CCC(OC(=O)c1c(-c2ccc(Cl)cc2)c2ccccc2c(=O)n1C)C(=O)Nc1ccccc1. The number of rotatable bonds is 6. The van der Waals surface area contributed by atoms with Gasteiger partial charge in [0.1, 0.15) is 5.69 Å². The van der Waals surface area contributed by atoms with Crippen molar-refractivity contribution in [3.05, 3.63) is 99.9 Å². The van der Waals surface area contributed by atoms with Crippen LogP contribution in [0.15, 0.2) is 83.7 Å². The lowest BCUT2D eigenvalue weighted by molar-refractivity contribution is -0.124. The molecule has 0 aliphatic rings. The van der Waals surface area contributed by atoms with Crippen LogP contribution in [0.3, 0.4) is 0 Å². The van der Waals surface area contributed by atoms with E-state index in [4.69, 9.17) is 16.3 Å². The first-order valence-corrected chi connectivity index (χ1v) is 11.2. The second-order valence-corrected chi connectivity index (χ2v) is 8.23. The number of fused-ring (bicyclic) bond motifs is 1. The van der Waals surface area contributed by atoms with Gasteiger partial charge in [-0.2, -0.15) is 0 Å². The smallest absolute Gasteiger partial charge is 0.356 e. The van der Waals surface area contributed by atoms with Crippen molar-refractivity contribution in [1.82, 2.24) is 4.57 Å². The number of nitrogens with zero attached hydrogens (tertiary/aromatic N) is 1. The first-order chi connectivity index (χ1) is 16.4. The van der Waals surface area contributed by atoms with E-state index in [1.807, 2.05) is 6.07 Å². The Morgan fingerprint density at radius 1 is 0.941 bits per heavy atom. The molecule has 6 nitrogen and oxygen atoms in total. The van der Waals surface area contributed by atoms with E-state index in [9.17, 15) is 14.4 Å². The molecule has 172 valence electrons. The highest BCUT2D eigenvalue weighted by Crippen LogP contribution is 2.32. The van der Waals surface area contributed by atoms with Gasteiger partial charge in [0.05, 0.1) is 0 Å². The summed E-state index contributed by atoms with van der Waals surface area (Å²) in [7, 11) is 1.52. The van der Waals surface area contributed by atoms with E-state index in [1.54, 1.807) is 79.7 Å². The number of nitrogens with one attached hydrogen (secondary N) is 1. The third-order valence-corrected chi connectivity index (χ3v) is 5.84. The van der Waals surface area contributed by atoms with Crippen molar-refractivity contribution in [2.75, 3.05) is 5.32 Å². The minimum absolute atomic E-state index is 0.0667. The van der Waals surface area contributed by atoms with Crippen molar-refractivity contribution in [3.8, 4) is 11.1 Å². The number of hydrogen-bond donors (Lipinski definition) is 1. The topological polar surface area (TPSA) is 77.4 Å². The summed E-state index contributed by atoms with van der Waals surface area (Å²) in [6, 6.07) is 23.0. The lowest BCUT2D eigenvalue weighted by Crippen LogP contribution is -2.34. The van der Waals surface area contributed by atoms with E-state index in [0.717, 1.165) is 0 Å². The normalized spacial score (nSPS) is 11.7. The van der Waals surface area contributed by atoms with Gasteiger partial charge in [-0.05, 0) is 47.7 Å². The number of aromatic nitrogens is 1. The summed E-state index contributed by atoms with van der Waals surface area (Å²) in [5.74, 6) is -1.20. The van der Waals surface area contributed by atoms with Crippen LogP contribution >= 0.6 is 11.6 Å². The molecule has 0 saturated carbocycles. The predicted octanol–water partition coefficient (Wildman–Crippen LogP) is 5.43. The van der Waals surface area contributed by atoms with E-state index in [1.165, 1.54) is 11.6 Å². The Balaban J connectivity index is 1.78. The third-order valence-electron chi connectivity index (χ3n) is 5.58. The van der Waals surface area contributed by atoms with Gasteiger partial charge in [-0.25, -0.2) is 4.79 Å². The minimum atomic E-state index is -1.03. The first-order valence-electron chi connectivity index (χ1n) is 10.8. The molecule has 0 aliphatic heterocycles. The molecule has 1 N–H and O–H groups in total. The monoisotopic (exact) mass is 474 g/mol. The van der Waals surface area contributed by atoms with E-state index >= 15 is 0 Å². The van der Waals surface area contributed by atoms with Gasteiger partial charge in [-0.15, -0.1) is 0 Å². The van der Waals surface area contributed by atoms with Crippen molar-refractivity contribution >= 4 is 39.9 Å². The summed E-state index contributed by atoms with van der Waals surface area (Å²) in [4.78, 5) is 39.3. The molecule has 3 aromatic carbocycles. The quantitative estimate of drug-likeness (QED) is 0.378. The number of hydrogen-bond acceptors (Lipinski definition) is 4. The van der Waals surface area contributed by atoms with E-state index in [-0.39, 0.29) is 17.7 Å². The molecule has 0 fully saturated rings. The van der Waals surface area contributed by atoms with Gasteiger partial charge in [0.25, 0.3) is 11.5 Å². The number of pyridine rings is 1. The van der Waals surface area contributed by atoms with Crippen molar-refractivity contribution in [1.29, 1.82) is 0 Å². The highest BCUT2D eigenvalue weighted by molar-refractivity contribution is 6.30. The molecule has 0 saturated heterocycles. The second-order valence-electron chi connectivity index (χ2n) is 7.80. The molecule has 1 unspecified atom stereocenters. The standard InChI is InChI=1S/C27H23ClN2O4/c1-3-22(25(31)29-19-9-5-4-6-10-19)34-27(33)24-23(17-13-15-18(28)16-14-17)20-11-7-8-12-21(20)26(32)30(24)2/h4-16,22H,3H2,1-2H3,(H,29,31). The molecule has 0 spiro atoms. The average Bonchev–Trinajstić information content (AvgIpc) is 2.85. The number of carbonyl (C=O) groups excluding carboxylic acids is 2. The highest BCUT2D eigenvalue weighted by Gasteiger charge is 2.27. The molecule has 1 aromatic heterocycles. The van der Waals surface area contributed by atoms with E-state index in [2.05, 4.69) is 5.32 Å². The van der Waals surface area contributed by atoms with Crippen LogP contribution in [-0.4, -0.2) is 22.5 Å². The molecule has 34 heavy (non-hydrogen) atoms. The number of carbonyl (C=O) groups is 2. The Kier molecular flexibility index (Phi) is 6.80. The van der Waals surface area contributed by atoms with Crippen LogP contribution in [0, 0.1) is 0 Å². The third kappa shape index (κ3) is 4.58. The number of halogens is 1. The van der Waals surface area contributed by atoms with Crippen LogP contribution in [0.25, 0.3) is 21.9 Å². The van der Waals surface area contributed by atoms with E-state index < -0.39 is 18.0 Å². The lowest BCUT2D eigenvalue weighted by atomic mass is 9.96. The van der Waals surface area contributed by atoms with Crippen molar-refractivity contribution in [3.63, 3.8) is 0 Å². The summed E-state index contributed by atoms with van der Waals surface area (Å²) < 4.78 is 6.93. The van der Waals surface area contributed by atoms with Gasteiger partial charge in [0.15, 0.2) is 6.10 Å². The van der Waals surface area contributed by atoms with Crippen molar-refractivity contribution in [2.45, 2.75) is 19.4 Å². The zero-order chi connectivity index (χ0) is 24.2. The minimum Gasteiger partial charge on any atom is -0.448 e. The summed E-state index contributed by atoms with van der Waals surface area (Å²) >= 11 is 6.07. The fourth-order valence-corrected chi connectivity index (χ4v) is 3.99. The zero-order valence-electron chi connectivity index (χ0n) is 18.7. The van der Waals surface area contributed by atoms with E-state index in [0.29, 0.717) is 32.6 Å². The molecule has 0 bridgehead atoms. The van der Waals surface area contributed by atoms with Crippen LogP contribution in [0.5, 0.6) is 0 Å². The summed E-state index contributed by atoms with van der Waals surface area (Å²) in [6.45, 7) is 1.75. The maximum atomic E-state index is 13.5. The van der Waals surface area contributed by atoms with Crippen LogP contribution in [0.1, 0.15) is 23.8 Å². The Bertz CT molecular complexity index is 1410. The molecule has 4 rings (SSSR count). The molecule has 4 aromatic rings. The number of anilines is 1. The van der Waals surface area contributed by atoms with Crippen LogP contribution in [0.4, 0.5) is 5.69 Å². The Morgan fingerprint density at radius 2 is 1.56 bits per heavy atom. The second kappa shape index (κ2) is 9.93. The van der Waals surface area contributed by atoms with Gasteiger partial charge in [0.2, 0.25) is 0 Å². The van der Waals surface area contributed by atoms with Crippen LogP contribution in [0.2, 0.25) is 5.02 Å². The van der Waals surface area contributed by atoms with Gasteiger partial charge in [-0.1, -0.05) is 67.1 Å². The van der Waals surface area contributed by atoms with Crippen LogP contribution in [-0.2, 0) is 16.6 Å². The molecule has 1 atom stereocenters. The van der Waals surface area contributed by atoms with Crippen LogP contribution < -0.4 is 10.9 Å². The molecule has 1 heterocycles. The average molecular weight is 475 g/mol. The maximum absolute atomic E-state index is 13.5. The zero-order valence-corrected chi connectivity index (χ0v) is 19.5. The molecule has 7 heteroatoms. The molecular formula is C27H23ClN2O4. The van der Waals surface area contributed by atoms with Gasteiger partial charge in [0, 0.05) is 28.7 Å². The van der Waals surface area contributed by atoms with Crippen molar-refractivity contribution in [2.24, 2.45) is 7.05 Å². The van der Waals surface area contributed by atoms with Gasteiger partial charge >= 0.3 is 5.97 Å². The van der Waals surface area contributed by atoms with Gasteiger partial charge < -0.3 is 14.6 Å². The fourth-order valence-electron chi connectivity index (χ4n) is 3.86. The number of esters is 1. The van der Waals surface area contributed by atoms with Crippen molar-refractivity contribution < 1.29 is 14.3 Å². The Hall–Kier alpha value is -3.90. The first kappa shape index (κ1) is 23.3. The number of benzene rings is 3. The maximum Gasteiger partial charge on any atom is 0.356 e. The fraction of sp³-hybridized carbons (Fsp3) is 0.148. The highest BCUT2D eigenvalue weighted by atomic mass is 35.5. The summed E-state index contributed by atoms with van der Waals surface area (Å²) in [5, 5.41) is 4.39. The summed E-state index contributed by atoms with van der Waals surface area (Å²) in [6.07, 6.45) is -0.769. The van der Waals surface area contributed by atoms with Gasteiger partial charge in [-0.3, -0.25) is 9.59 Å². The predicted molar refractivity (Wildman–Crippen MR) is 134 cm³/mol. The Morgan fingerprint density at radius 3 is 2.21 bits per heavy atom. The molecule has 0 radical (unpaired) electrons. The Labute approximate surface area is 201 Å². The largest absolute Gasteiger partial charge is 0.448 e.